The molecule has 2 aliphatic heterocycles. The van der Waals surface area contributed by atoms with E-state index in [1.807, 2.05) is 14.0 Å². The Morgan fingerprint density at radius 3 is 2.62 bits per heavy atom. The van der Waals surface area contributed by atoms with Crippen LogP contribution in [0.25, 0.3) is 0 Å². The van der Waals surface area contributed by atoms with Crippen molar-refractivity contribution in [1.82, 2.24) is 15.1 Å². The predicted molar refractivity (Wildman–Crippen MR) is 87.2 cm³/mol. The van der Waals surface area contributed by atoms with Crippen molar-refractivity contribution in [3.63, 3.8) is 0 Å². The van der Waals surface area contributed by atoms with Crippen LogP contribution >= 0.6 is 0 Å². The van der Waals surface area contributed by atoms with E-state index in [0.717, 1.165) is 18.9 Å². The monoisotopic (exact) mass is 292 g/mol. The maximum absolute atomic E-state index is 9.15. The Morgan fingerprint density at radius 2 is 1.95 bits per heavy atom. The number of hydrogen-bond donors (Lipinski definition) is 1. The number of rotatable bonds is 7. The molecule has 0 spiro atoms. The Balaban J connectivity index is 1.61. The normalized spacial score (nSPS) is 27.4. The quantitative estimate of drug-likeness (QED) is 0.731. The van der Waals surface area contributed by atoms with Gasteiger partial charge >= 0.3 is 0 Å². The number of likely N-dealkylation sites (tertiary alicyclic amines) is 2. The van der Waals surface area contributed by atoms with Gasteiger partial charge in [-0.1, -0.05) is 6.42 Å². The van der Waals surface area contributed by atoms with E-state index in [4.69, 9.17) is 5.26 Å². The molecule has 0 aromatic heterocycles. The second kappa shape index (κ2) is 8.12. The van der Waals surface area contributed by atoms with Crippen LogP contribution in [0.15, 0.2) is 0 Å². The van der Waals surface area contributed by atoms with E-state index in [1.165, 1.54) is 64.8 Å². The molecular formula is C17H32N4. The first-order valence-electron chi connectivity index (χ1n) is 8.73. The Morgan fingerprint density at radius 1 is 1.19 bits per heavy atom. The summed E-state index contributed by atoms with van der Waals surface area (Å²) >= 11 is 0. The van der Waals surface area contributed by atoms with Gasteiger partial charge in [-0.05, 0) is 78.7 Å². The molecule has 21 heavy (non-hydrogen) atoms. The van der Waals surface area contributed by atoms with Gasteiger partial charge in [0.05, 0.1) is 6.07 Å². The minimum Gasteiger partial charge on any atom is -0.303 e. The highest BCUT2D eigenvalue weighted by molar-refractivity contribution is 5.02. The maximum Gasteiger partial charge on any atom is 0.103 e. The summed E-state index contributed by atoms with van der Waals surface area (Å²) in [5, 5.41) is 12.3. The molecular weight excluding hydrogens is 260 g/mol. The molecule has 120 valence electrons. The van der Waals surface area contributed by atoms with Crippen LogP contribution < -0.4 is 5.32 Å². The Kier molecular flexibility index (Phi) is 6.47. The number of hydrogen-bond acceptors (Lipinski definition) is 4. The smallest absolute Gasteiger partial charge is 0.103 e. The summed E-state index contributed by atoms with van der Waals surface area (Å²) in [6.07, 6.45) is 8.87. The molecule has 2 aliphatic rings. The lowest BCUT2D eigenvalue weighted by atomic mass is 9.97. The maximum atomic E-state index is 9.15. The van der Waals surface area contributed by atoms with Crippen molar-refractivity contribution in [2.24, 2.45) is 0 Å². The van der Waals surface area contributed by atoms with Crippen LogP contribution in [-0.2, 0) is 0 Å². The predicted octanol–water partition coefficient (Wildman–Crippen LogP) is 2.22. The fourth-order valence-electron chi connectivity index (χ4n) is 3.65. The summed E-state index contributed by atoms with van der Waals surface area (Å²) in [5.74, 6) is 0. The molecule has 0 aromatic rings. The fraction of sp³-hybridized carbons (Fsp3) is 0.941. The Hall–Kier alpha value is -0.630. The van der Waals surface area contributed by atoms with Gasteiger partial charge in [0.25, 0.3) is 0 Å². The van der Waals surface area contributed by atoms with E-state index in [1.54, 1.807) is 0 Å². The van der Waals surface area contributed by atoms with Crippen LogP contribution in [-0.4, -0.2) is 61.2 Å². The van der Waals surface area contributed by atoms with Crippen molar-refractivity contribution in [2.75, 3.05) is 39.8 Å². The van der Waals surface area contributed by atoms with Crippen LogP contribution in [0.2, 0.25) is 0 Å². The number of nitrogens with zero attached hydrogens (tertiary/aromatic N) is 3. The molecule has 2 rings (SSSR count). The van der Waals surface area contributed by atoms with Crippen LogP contribution in [0, 0.1) is 11.3 Å². The number of nitriles is 1. The molecule has 2 atom stereocenters. The van der Waals surface area contributed by atoms with Crippen LogP contribution in [0.1, 0.15) is 51.9 Å². The van der Waals surface area contributed by atoms with Crippen molar-refractivity contribution in [3.05, 3.63) is 0 Å². The topological polar surface area (TPSA) is 42.3 Å². The molecule has 0 radical (unpaired) electrons. The van der Waals surface area contributed by atoms with Gasteiger partial charge in [0.15, 0.2) is 0 Å². The van der Waals surface area contributed by atoms with Crippen molar-refractivity contribution >= 4 is 0 Å². The molecule has 0 saturated carbocycles. The third-order valence-electron chi connectivity index (χ3n) is 5.35. The average Bonchev–Trinajstić information content (AvgIpc) is 3.01. The van der Waals surface area contributed by atoms with Gasteiger partial charge in [-0.15, -0.1) is 0 Å². The zero-order valence-electron chi connectivity index (χ0n) is 13.9. The highest BCUT2D eigenvalue weighted by Crippen LogP contribution is 2.21. The van der Waals surface area contributed by atoms with Gasteiger partial charge in [0.1, 0.15) is 5.54 Å². The first kappa shape index (κ1) is 16.7. The highest BCUT2D eigenvalue weighted by Gasteiger charge is 2.28. The standard InChI is InChI=1S/C17H32N4/c1-17(15-18,19-2)9-4-7-10-20-13-8-16(14-20)21-11-5-3-6-12-21/h16,19H,3-14H2,1-2H3. The molecule has 2 heterocycles. The lowest BCUT2D eigenvalue weighted by Crippen LogP contribution is -2.41. The molecule has 0 aliphatic carbocycles. The van der Waals surface area contributed by atoms with Gasteiger partial charge in [-0.25, -0.2) is 0 Å². The molecule has 4 heteroatoms. The molecule has 4 nitrogen and oxygen atoms in total. The molecule has 2 fully saturated rings. The number of nitrogens with one attached hydrogen (secondary N) is 1. The Labute approximate surface area is 130 Å². The van der Waals surface area contributed by atoms with Crippen LogP contribution in [0.3, 0.4) is 0 Å². The third kappa shape index (κ3) is 4.95. The van der Waals surface area contributed by atoms with Crippen LogP contribution in [0.4, 0.5) is 0 Å². The van der Waals surface area contributed by atoms with E-state index in [-0.39, 0.29) is 5.54 Å². The zero-order valence-corrected chi connectivity index (χ0v) is 13.9. The van der Waals surface area contributed by atoms with E-state index in [9.17, 15) is 0 Å². The fourth-order valence-corrected chi connectivity index (χ4v) is 3.65. The number of piperidine rings is 1. The zero-order chi connectivity index (χ0) is 15.1. The van der Waals surface area contributed by atoms with Crippen LogP contribution in [0.5, 0.6) is 0 Å². The molecule has 0 aromatic carbocycles. The second-order valence-corrected chi connectivity index (χ2v) is 6.99. The van der Waals surface area contributed by atoms with E-state index >= 15 is 0 Å². The summed E-state index contributed by atoms with van der Waals surface area (Å²) in [6, 6.07) is 3.19. The molecule has 0 amide bonds. The third-order valence-corrected chi connectivity index (χ3v) is 5.35. The summed E-state index contributed by atoms with van der Waals surface area (Å²) < 4.78 is 0. The van der Waals surface area contributed by atoms with Crippen molar-refractivity contribution < 1.29 is 0 Å². The summed E-state index contributed by atoms with van der Waals surface area (Å²) in [6.45, 7) is 8.37. The largest absolute Gasteiger partial charge is 0.303 e. The number of unbranched alkanes of at least 4 members (excludes halogenated alkanes) is 1. The second-order valence-electron chi connectivity index (χ2n) is 6.99. The highest BCUT2D eigenvalue weighted by atomic mass is 15.3. The summed E-state index contributed by atoms with van der Waals surface area (Å²) in [7, 11) is 1.88. The Bertz CT molecular complexity index is 345. The first-order chi connectivity index (χ1) is 10.2. The van der Waals surface area contributed by atoms with E-state index < -0.39 is 0 Å². The van der Waals surface area contributed by atoms with Gasteiger partial charge in [-0.3, -0.25) is 4.90 Å². The minimum absolute atomic E-state index is 0.346. The van der Waals surface area contributed by atoms with Gasteiger partial charge < -0.3 is 10.2 Å². The summed E-state index contributed by atoms with van der Waals surface area (Å²) in [4.78, 5) is 5.35. The molecule has 0 bridgehead atoms. The van der Waals surface area contributed by atoms with Crippen molar-refractivity contribution in [3.8, 4) is 6.07 Å². The van der Waals surface area contributed by atoms with Crippen molar-refractivity contribution in [1.29, 1.82) is 5.26 Å². The molecule has 2 saturated heterocycles. The minimum atomic E-state index is -0.346. The molecule has 2 unspecified atom stereocenters. The molecule has 1 N–H and O–H groups in total. The summed E-state index contributed by atoms with van der Waals surface area (Å²) in [5.41, 5.74) is -0.346. The van der Waals surface area contributed by atoms with Crippen molar-refractivity contribution in [2.45, 2.75) is 63.5 Å². The lowest BCUT2D eigenvalue weighted by molar-refractivity contribution is 0.161. The van der Waals surface area contributed by atoms with E-state index in [0.29, 0.717) is 0 Å². The lowest BCUT2D eigenvalue weighted by Gasteiger charge is -2.32. The average molecular weight is 292 g/mol. The van der Waals surface area contributed by atoms with Gasteiger partial charge in [-0.2, -0.15) is 5.26 Å². The van der Waals surface area contributed by atoms with Gasteiger partial charge in [0.2, 0.25) is 0 Å². The van der Waals surface area contributed by atoms with Gasteiger partial charge in [0, 0.05) is 12.6 Å². The van der Waals surface area contributed by atoms with E-state index in [2.05, 4.69) is 21.2 Å². The SMILES string of the molecule is CNC(C)(C#N)CCCCN1CCC(N2CCCCC2)C1. The first-order valence-corrected chi connectivity index (χ1v) is 8.73.